The van der Waals surface area contributed by atoms with Crippen LogP contribution in [-0.4, -0.2) is 24.2 Å². The fourth-order valence-electron chi connectivity index (χ4n) is 3.03. The van der Waals surface area contributed by atoms with Gasteiger partial charge >= 0.3 is 0 Å². The van der Waals surface area contributed by atoms with Crippen molar-refractivity contribution in [1.29, 1.82) is 0 Å². The van der Waals surface area contributed by atoms with E-state index in [1.54, 1.807) is 20.4 Å². The van der Waals surface area contributed by atoms with Crippen LogP contribution in [0, 0.1) is 0 Å². The molecule has 4 aromatic rings. The number of benzene rings is 2. The van der Waals surface area contributed by atoms with Crippen LogP contribution in [0.4, 0.5) is 0 Å². The first kappa shape index (κ1) is 14.5. The Bertz CT molecular complexity index is 1040. The fraction of sp³-hybridized carbons (Fsp3) is 0.100. The van der Waals surface area contributed by atoms with E-state index >= 15 is 0 Å². The Balaban J connectivity index is 2.09. The summed E-state index contributed by atoms with van der Waals surface area (Å²) in [6.07, 6.45) is 3.64. The van der Waals surface area contributed by atoms with Crippen LogP contribution in [0.3, 0.4) is 0 Å². The van der Waals surface area contributed by atoms with Gasteiger partial charge in [0.05, 0.1) is 25.3 Å². The molecular weight excluding hydrogens is 300 g/mol. The van der Waals surface area contributed by atoms with E-state index in [-0.39, 0.29) is 0 Å². The second kappa shape index (κ2) is 5.81. The second-order valence-corrected chi connectivity index (χ2v) is 5.47. The number of fused-ring (bicyclic) bond motifs is 2. The van der Waals surface area contributed by atoms with Crippen LogP contribution in [-0.2, 0) is 0 Å². The average molecular weight is 316 g/mol. The maximum Gasteiger partial charge on any atom is 0.169 e. The number of aromatic nitrogens is 2. The molecule has 2 aromatic carbocycles. The van der Waals surface area contributed by atoms with Crippen molar-refractivity contribution >= 4 is 21.8 Å². The summed E-state index contributed by atoms with van der Waals surface area (Å²) >= 11 is 0. The van der Waals surface area contributed by atoms with E-state index in [2.05, 4.69) is 22.1 Å². The maximum absolute atomic E-state index is 5.66. The number of nitrogens with zero attached hydrogens (tertiary/aromatic N) is 2. The summed E-state index contributed by atoms with van der Waals surface area (Å²) < 4.78 is 11.2. The van der Waals surface area contributed by atoms with Crippen LogP contribution in [0.5, 0.6) is 11.5 Å². The normalized spacial score (nSPS) is 10.9. The molecule has 0 saturated heterocycles. The number of methoxy groups -OCH3 is 2. The van der Waals surface area contributed by atoms with Gasteiger partial charge in [-0.15, -0.1) is 0 Å². The molecule has 0 radical (unpaired) electrons. The highest BCUT2D eigenvalue weighted by Crippen LogP contribution is 2.43. The van der Waals surface area contributed by atoms with Crippen LogP contribution in [0.15, 0.2) is 60.9 Å². The highest BCUT2D eigenvalue weighted by atomic mass is 16.5. The Hall–Kier alpha value is -3.14. The Kier molecular flexibility index (Phi) is 3.50. The van der Waals surface area contributed by atoms with Gasteiger partial charge in [-0.2, -0.15) is 0 Å². The average Bonchev–Trinajstić information content (AvgIpc) is 2.65. The number of para-hydroxylation sites is 1. The van der Waals surface area contributed by atoms with E-state index in [0.717, 1.165) is 32.9 Å². The van der Waals surface area contributed by atoms with Gasteiger partial charge in [0.25, 0.3) is 0 Å². The van der Waals surface area contributed by atoms with E-state index in [1.807, 2.05) is 42.6 Å². The largest absolute Gasteiger partial charge is 0.493 e. The van der Waals surface area contributed by atoms with E-state index in [4.69, 9.17) is 9.47 Å². The minimum absolute atomic E-state index is 0.659. The molecule has 0 saturated carbocycles. The molecule has 118 valence electrons. The lowest BCUT2D eigenvalue weighted by molar-refractivity contribution is 0.357. The maximum atomic E-state index is 5.66. The summed E-state index contributed by atoms with van der Waals surface area (Å²) in [7, 11) is 3.28. The molecule has 0 aliphatic heterocycles. The summed E-state index contributed by atoms with van der Waals surface area (Å²) in [5.41, 5.74) is 3.74. The lowest BCUT2D eigenvalue weighted by atomic mass is 9.99. The zero-order chi connectivity index (χ0) is 16.5. The molecule has 0 fully saturated rings. The molecule has 24 heavy (non-hydrogen) atoms. The molecule has 0 atom stereocenters. The topological polar surface area (TPSA) is 44.2 Å². The molecule has 0 aliphatic rings. The summed E-state index contributed by atoms with van der Waals surface area (Å²) in [6.45, 7) is 0. The molecule has 4 heteroatoms. The summed E-state index contributed by atoms with van der Waals surface area (Å²) in [5.74, 6) is 1.35. The third-order valence-electron chi connectivity index (χ3n) is 4.13. The number of hydrogen-bond donors (Lipinski definition) is 0. The Labute approximate surface area is 139 Å². The third kappa shape index (κ3) is 2.24. The Morgan fingerprint density at radius 2 is 1.71 bits per heavy atom. The lowest BCUT2D eigenvalue weighted by Gasteiger charge is -2.16. The van der Waals surface area contributed by atoms with Gasteiger partial charge < -0.3 is 9.47 Å². The number of pyridine rings is 2. The van der Waals surface area contributed by atoms with Gasteiger partial charge in [0.1, 0.15) is 0 Å². The molecule has 2 heterocycles. The first-order chi connectivity index (χ1) is 11.8. The van der Waals surface area contributed by atoms with Gasteiger partial charge in [-0.05, 0) is 18.2 Å². The van der Waals surface area contributed by atoms with Gasteiger partial charge in [-0.25, -0.2) is 0 Å². The summed E-state index contributed by atoms with van der Waals surface area (Å²) in [6, 6.07) is 16.0. The van der Waals surface area contributed by atoms with Crippen LogP contribution >= 0.6 is 0 Å². The minimum Gasteiger partial charge on any atom is -0.493 e. The first-order valence-electron chi connectivity index (χ1n) is 7.66. The van der Waals surface area contributed by atoms with Gasteiger partial charge in [-0.3, -0.25) is 9.97 Å². The molecule has 0 amide bonds. The van der Waals surface area contributed by atoms with Crippen LogP contribution in [0.1, 0.15) is 0 Å². The van der Waals surface area contributed by atoms with Gasteiger partial charge in [0.2, 0.25) is 0 Å². The minimum atomic E-state index is 0.659. The first-order valence-corrected chi connectivity index (χ1v) is 7.66. The van der Waals surface area contributed by atoms with Crippen molar-refractivity contribution in [3.8, 4) is 22.6 Å². The molecule has 2 aromatic heterocycles. The van der Waals surface area contributed by atoms with Crippen molar-refractivity contribution in [2.45, 2.75) is 0 Å². The smallest absolute Gasteiger partial charge is 0.169 e. The van der Waals surface area contributed by atoms with E-state index in [1.165, 1.54) is 0 Å². The van der Waals surface area contributed by atoms with Gasteiger partial charge in [-0.1, -0.05) is 24.3 Å². The van der Waals surface area contributed by atoms with E-state index in [9.17, 15) is 0 Å². The Morgan fingerprint density at radius 1 is 0.833 bits per heavy atom. The number of hydrogen-bond acceptors (Lipinski definition) is 4. The Morgan fingerprint density at radius 3 is 2.54 bits per heavy atom. The van der Waals surface area contributed by atoms with E-state index in [0.29, 0.717) is 11.5 Å². The quantitative estimate of drug-likeness (QED) is 0.559. The fourth-order valence-corrected chi connectivity index (χ4v) is 3.03. The van der Waals surface area contributed by atoms with Gasteiger partial charge in [0.15, 0.2) is 11.5 Å². The van der Waals surface area contributed by atoms with Crippen molar-refractivity contribution in [1.82, 2.24) is 9.97 Å². The molecule has 0 aliphatic carbocycles. The zero-order valence-corrected chi connectivity index (χ0v) is 13.5. The predicted molar refractivity (Wildman–Crippen MR) is 95.6 cm³/mol. The van der Waals surface area contributed by atoms with Crippen LogP contribution in [0.2, 0.25) is 0 Å². The monoisotopic (exact) mass is 316 g/mol. The third-order valence-corrected chi connectivity index (χ3v) is 4.13. The molecule has 0 spiro atoms. The number of ether oxygens (including phenoxy) is 2. The highest BCUT2D eigenvalue weighted by molar-refractivity contribution is 6.01. The van der Waals surface area contributed by atoms with Crippen LogP contribution < -0.4 is 9.47 Å². The molecule has 0 unspecified atom stereocenters. The van der Waals surface area contributed by atoms with Crippen molar-refractivity contribution in [3.63, 3.8) is 0 Å². The van der Waals surface area contributed by atoms with Crippen molar-refractivity contribution < 1.29 is 9.47 Å². The SMILES string of the molecule is COc1cc2ncccc2c(-c2cnc3ccccc3c2)c1OC. The molecule has 4 nitrogen and oxygen atoms in total. The van der Waals surface area contributed by atoms with E-state index < -0.39 is 0 Å². The van der Waals surface area contributed by atoms with Crippen LogP contribution in [0.25, 0.3) is 32.9 Å². The van der Waals surface area contributed by atoms with Crippen molar-refractivity contribution in [2.24, 2.45) is 0 Å². The van der Waals surface area contributed by atoms with Crippen molar-refractivity contribution in [3.05, 3.63) is 60.9 Å². The number of rotatable bonds is 3. The van der Waals surface area contributed by atoms with Crippen molar-refractivity contribution in [2.75, 3.05) is 14.2 Å². The molecule has 0 bridgehead atoms. The lowest BCUT2D eigenvalue weighted by Crippen LogP contribution is -1.96. The zero-order valence-electron chi connectivity index (χ0n) is 13.5. The summed E-state index contributed by atoms with van der Waals surface area (Å²) in [4.78, 5) is 9.04. The standard InChI is InChI=1S/C20H16N2O2/c1-23-18-11-17-15(7-5-9-21-17)19(20(18)24-2)14-10-13-6-3-4-8-16(13)22-12-14/h3-12H,1-2H3. The second-order valence-electron chi connectivity index (χ2n) is 5.47. The molecule has 0 N–H and O–H groups in total. The highest BCUT2D eigenvalue weighted by Gasteiger charge is 2.17. The van der Waals surface area contributed by atoms with Gasteiger partial charge in [0, 0.05) is 40.4 Å². The summed E-state index contributed by atoms with van der Waals surface area (Å²) in [5, 5.41) is 2.09. The predicted octanol–water partition coefficient (Wildman–Crippen LogP) is 4.47. The molecule has 4 rings (SSSR count). The molecular formula is C20H16N2O2.